The number of nitrogens with one attached hydrogen (secondary N) is 1. The summed E-state index contributed by atoms with van der Waals surface area (Å²) < 4.78 is 36.5. The summed E-state index contributed by atoms with van der Waals surface area (Å²) in [7, 11) is 0. The van der Waals surface area contributed by atoms with Gasteiger partial charge in [-0.3, -0.25) is 4.79 Å². The van der Waals surface area contributed by atoms with Gasteiger partial charge in [-0.2, -0.15) is 0 Å². The summed E-state index contributed by atoms with van der Waals surface area (Å²) >= 11 is 10.0. The average molecular weight is 636 g/mol. The zero-order chi connectivity index (χ0) is 29.1. The van der Waals surface area contributed by atoms with E-state index >= 15 is 0 Å². The second kappa shape index (κ2) is 12.3. The molecule has 1 aromatic heterocycles. The normalized spacial score (nSPS) is 11.8. The minimum atomic E-state index is -0.670. The molecular formula is C33H26BrClF2N2O2. The second-order valence-corrected chi connectivity index (χ2v) is 11.0. The number of rotatable bonds is 8. The van der Waals surface area contributed by atoms with Gasteiger partial charge in [-0.15, -0.1) is 0 Å². The molecule has 0 spiro atoms. The van der Waals surface area contributed by atoms with Crippen molar-refractivity contribution in [1.82, 2.24) is 9.88 Å². The maximum atomic E-state index is 14.3. The Morgan fingerprint density at radius 1 is 0.976 bits per heavy atom. The molecule has 1 amide bonds. The zero-order valence-corrected chi connectivity index (χ0v) is 24.6. The summed E-state index contributed by atoms with van der Waals surface area (Å²) in [6.45, 7) is 3.80. The Kier molecular flexibility index (Phi) is 8.57. The first kappa shape index (κ1) is 28.6. The van der Waals surface area contributed by atoms with Crippen molar-refractivity contribution in [1.29, 1.82) is 0 Å². The Bertz CT molecular complexity index is 1720. The number of carbonyl (C=O) groups excluding carboxylic acids is 1. The number of nitrogens with zero attached hydrogens (tertiary/aromatic N) is 1. The van der Waals surface area contributed by atoms with E-state index in [1.165, 1.54) is 12.1 Å². The second-order valence-electron chi connectivity index (χ2n) is 9.63. The fourth-order valence-corrected chi connectivity index (χ4v) is 5.20. The van der Waals surface area contributed by atoms with Crippen molar-refractivity contribution < 1.29 is 18.3 Å². The van der Waals surface area contributed by atoms with E-state index in [4.69, 9.17) is 16.3 Å². The molecule has 5 aromatic rings. The third-order valence-electron chi connectivity index (χ3n) is 6.79. The van der Waals surface area contributed by atoms with Gasteiger partial charge in [0.15, 0.2) is 0 Å². The molecule has 0 saturated heterocycles. The molecule has 8 heteroatoms. The maximum absolute atomic E-state index is 14.3. The summed E-state index contributed by atoms with van der Waals surface area (Å²) in [6, 6.07) is 27.7. The van der Waals surface area contributed by atoms with Gasteiger partial charge < -0.3 is 14.6 Å². The minimum absolute atomic E-state index is 0.0781. The van der Waals surface area contributed by atoms with Gasteiger partial charge in [0.25, 0.3) is 5.91 Å². The molecule has 1 heterocycles. The zero-order valence-electron chi connectivity index (χ0n) is 22.3. The number of halogens is 4. The Morgan fingerprint density at radius 2 is 1.76 bits per heavy atom. The van der Waals surface area contributed by atoms with Crippen LogP contribution in [0.1, 0.15) is 40.1 Å². The highest BCUT2D eigenvalue weighted by Gasteiger charge is 2.19. The molecule has 4 aromatic carbocycles. The highest BCUT2D eigenvalue weighted by atomic mass is 79.9. The van der Waals surface area contributed by atoms with Crippen molar-refractivity contribution in [3.05, 3.63) is 141 Å². The molecule has 0 saturated carbocycles. The Morgan fingerprint density at radius 3 is 2.51 bits per heavy atom. The van der Waals surface area contributed by atoms with Gasteiger partial charge in [0.1, 0.15) is 24.0 Å². The number of hydrogen-bond donors (Lipinski definition) is 1. The molecule has 0 bridgehead atoms. The van der Waals surface area contributed by atoms with E-state index in [2.05, 4.69) is 21.2 Å². The van der Waals surface area contributed by atoms with Gasteiger partial charge in [-0.05, 0) is 80.1 Å². The number of hydrogen-bond acceptors (Lipinski definition) is 2. The monoisotopic (exact) mass is 634 g/mol. The van der Waals surface area contributed by atoms with Crippen LogP contribution in [-0.4, -0.2) is 10.5 Å². The van der Waals surface area contributed by atoms with Crippen LogP contribution in [0.25, 0.3) is 16.9 Å². The van der Waals surface area contributed by atoms with Gasteiger partial charge in [0, 0.05) is 33.0 Å². The van der Waals surface area contributed by atoms with Crippen molar-refractivity contribution >= 4 is 33.4 Å². The van der Waals surface area contributed by atoms with Crippen LogP contribution in [0.5, 0.6) is 5.75 Å². The van der Waals surface area contributed by atoms with Crippen LogP contribution in [0.4, 0.5) is 8.78 Å². The molecular weight excluding hydrogens is 610 g/mol. The summed E-state index contributed by atoms with van der Waals surface area (Å²) in [6.07, 6.45) is 0. The van der Waals surface area contributed by atoms with E-state index in [0.29, 0.717) is 16.3 Å². The van der Waals surface area contributed by atoms with E-state index in [1.807, 2.05) is 79.1 Å². The van der Waals surface area contributed by atoms with Gasteiger partial charge >= 0.3 is 0 Å². The molecule has 0 unspecified atom stereocenters. The smallest absolute Gasteiger partial charge is 0.253 e. The van der Waals surface area contributed by atoms with Crippen LogP contribution in [-0.2, 0) is 6.61 Å². The van der Waals surface area contributed by atoms with Crippen LogP contribution in [0.15, 0.2) is 102 Å². The number of amides is 1. The highest BCUT2D eigenvalue weighted by Crippen LogP contribution is 2.37. The number of benzene rings is 4. The van der Waals surface area contributed by atoms with E-state index < -0.39 is 11.6 Å². The minimum Gasteiger partial charge on any atom is -0.488 e. The van der Waals surface area contributed by atoms with Crippen molar-refractivity contribution in [3.8, 4) is 22.7 Å². The standard InChI is InChI=1S/C33H26BrClF2N2O2/c1-20-8-14-31(28-16-24(34)10-15-32(28)41-19-23-9-11-25(36)17-30(23)37)39(20)26-12-13-29(35)27(18-26)33(40)38-21(2)22-6-4-3-5-7-22/h3-18,21H,19H2,1-2H3,(H,38,40)/t21-/m0/s1. The lowest BCUT2D eigenvalue weighted by atomic mass is 10.1. The lowest BCUT2D eigenvalue weighted by Crippen LogP contribution is -2.27. The number of carbonyl (C=O) groups is 1. The predicted octanol–water partition coefficient (Wildman–Crippen LogP) is 9.22. The molecule has 208 valence electrons. The average Bonchev–Trinajstić information content (AvgIpc) is 3.34. The Hall–Kier alpha value is -3.94. The van der Waals surface area contributed by atoms with Gasteiger partial charge in [-0.25, -0.2) is 8.78 Å². The van der Waals surface area contributed by atoms with Crippen LogP contribution in [0, 0.1) is 18.6 Å². The third-order valence-corrected chi connectivity index (χ3v) is 7.61. The molecule has 1 atom stereocenters. The Labute approximate surface area is 250 Å². The van der Waals surface area contributed by atoms with Crippen molar-refractivity contribution in [2.24, 2.45) is 0 Å². The molecule has 5 rings (SSSR count). The molecule has 41 heavy (non-hydrogen) atoms. The summed E-state index contributed by atoms with van der Waals surface area (Å²) in [5, 5.41) is 3.37. The molecule has 0 fully saturated rings. The quantitative estimate of drug-likeness (QED) is 0.185. The predicted molar refractivity (Wildman–Crippen MR) is 162 cm³/mol. The van der Waals surface area contributed by atoms with E-state index in [-0.39, 0.29) is 24.1 Å². The Balaban J connectivity index is 1.48. The number of ether oxygens (including phenoxy) is 1. The molecule has 0 aliphatic heterocycles. The first-order valence-electron chi connectivity index (χ1n) is 12.9. The fraction of sp³-hybridized carbons (Fsp3) is 0.121. The van der Waals surface area contributed by atoms with Gasteiger partial charge in [0.05, 0.1) is 22.3 Å². The SMILES string of the molecule is Cc1ccc(-c2cc(Br)ccc2OCc2ccc(F)cc2F)n1-c1ccc(Cl)c(C(=O)N[C@@H](C)c2ccccc2)c1. The van der Waals surface area contributed by atoms with Gasteiger partial charge in [-0.1, -0.05) is 57.9 Å². The van der Waals surface area contributed by atoms with E-state index in [0.717, 1.165) is 38.7 Å². The van der Waals surface area contributed by atoms with Crippen LogP contribution in [0.2, 0.25) is 5.02 Å². The van der Waals surface area contributed by atoms with Crippen LogP contribution >= 0.6 is 27.5 Å². The van der Waals surface area contributed by atoms with Gasteiger partial charge in [0.2, 0.25) is 0 Å². The maximum Gasteiger partial charge on any atom is 0.253 e. The molecule has 1 N–H and O–H groups in total. The molecule has 0 radical (unpaired) electrons. The summed E-state index contributed by atoms with van der Waals surface area (Å²) in [5.74, 6) is -1.09. The summed E-state index contributed by atoms with van der Waals surface area (Å²) in [5.41, 5.74) is 4.77. The summed E-state index contributed by atoms with van der Waals surface area (Å²) in [4.78, 5) is 13.3. The van der Waals surface area contributed by atoms with E-state index in [9.17, 15) is 13.6 Å². The fourth-order valence-electron chi connectivity index (χ4n) is 4.64. The number of aryl methyl sites for hydroxylation is 1. The van der Waals surface area contributed by atoms with E-state index in [1.54, 1.807) is 18.2 Å². The van der Waals surface area contributed by atoms with Crippen molar-refractivity contribution in [3.63, 3.8) is 0 Å². The molecule has 4 nitrogen and oxygen atoms in total. The first-order valence-corrected chi connectivity index (χ1v) is 14.1. The van der Waals surface area contributed by atoms with Crippen molar-refractivity contribution in [2.45, 2.75) is 26.5 Å². The molecule has 0 aliphatic carbocycles. The largest absolute Gasteiger partial charge is 0.488 e. The van der Waals surface area contributed by atoms with Crippen LogP contribution in [0.3, 0.4) is 0 Å². The number of aromatic nitrogens is 1. The first-order chi connectivity index (χ1) is 19.7. The molecule has 0 aliphatic rings. The van der Waals surface area contributed by atoms with Crippen molar-refractivity contribution in [2.75, 3.05) is 0 Å². The van der Waals surface area contributed by atoms with Crippen LogP contribution < -0.4 is 10.1 Å². The lowest BCUT2D eigenvalue weighted by Gasteiger charge is -2.18. The highest BCUT2D eigenvalue weighted by molar-refractivity contribution is 9.10. The third kappa shape index (κ3) is 6.37. The lowest BCUT2D eigenvalue weighted by molar-refractivity contribution is 0.0940. The topological polar surface area (TPSA) is 43.3 Å².